The number of imidazole rings is 1. The van der Waals surface area contributed by atoms with Gasteiger partial charge in [-0.05, 0) is 25.5 Å². The molecule has 0 aliphatic heterocycles. The topological polar surface area (TPSA) is 72.9 Å². The molecule has 5 heteroatoms. The zero-order chi connectivity index (χ0) is 14.5. The number of nitrogens with zero attached hydrogens (tertiary/aromatic N) is 2. The Kier molecular flexibility index (Phi) is 4.74. The molecule has 20 heavy (non-hydrogen) atoms. The minimum atomic E-state index is -0.417. The van der Waals surface area contributed by atoms with Crippen LogP contribution in [-0.4, -0.2) is 28.0 Å². The number of para-hydroxylation sites is 2. The number of aryl methyl sites for hydroxylation is 1. The van der Waals surface area contributed by atoms with Crippen LogP contribution in [-0.2, 0) is 17.8 Å². The summed E-state index contributed by atoms with van der Waals surface area (Å²) in [6, 6.07) is 7.67. The summed E-state index contributed by atoms with van der Waals surface area (Å²) < 4.78 is 2.18. The molecule has 3 N–H and O–H groups in total. The van der Waals surface area contributed by atoms with Gasteiger partial charge in [0.15, 0.2) is 0 Å². The van der Waals surface area contributed by atoms with Crippen LogP contribution in [0.4, 0.5) is 0 Å². The number of aromatic nitrogens is 2. The lowest BCUT2D eigenvalue weighted by molar-refractivity contribution is -0.122. The molecule has 1 aromatic carbocycles. The first-order valence-electron chi connectivity index (χ1n) is 7.14. The Bertz CT molecular complexity index is 591. The Morgan fingerprint density at radius 3 is 2.85 bits per heavy atom. The third kappa shape index (κ3) is 2.99. The summed E-state index contributed by atoms with van der Waals surface area (Å²) in [7, 11) is 0. The quantitative estimate of drug-likeness (QED) is 0.837. The zero-order valence-corrected chi connectivity index (χ0v) is 12.1. The highest BCUT2D eigenvalue weighted by molar-refractivity contribution is 5.81. The highest BCUT2D eigenvalue weighted by Crippen LogP contribution is 2.15. The molecule has 1 aromatic heterocycles. The summed E-state index contributed by atoms with van der Waals surface area (Å²) in [6.45, 7) is 5.44. The van der Waals surface area contributed by atoms with E-state index in [-0.39, 0.29) is 5.91 Å². The van der Waals surface area contributed by atoms with Crippen molar-refractivity contribution in [3.63, 3.8) is 0 Å². The van der Waals surface area contributed by atoms with E-state index in [0.29, 0.717) is 19.4 Å². The maximum Gasteiger partial charge on any atom is 0.236 e. The largest absolute Gasteiger partial charge is 0.354 e. The maximum atomic E-state index is 11.6. The summed E-state index contributed by atoms with van der Waals surface area (Å²) in [4.78, 5) is 16.3. The van der Waals surface area contributed by atoms with E-state index in [1.54, 1.807) is 0 Å². The number of nitrogens with two attached hydrogens (primary N) is 1. The number of benzene rings is 1. The lowest BCUT2D eigenvalue weighted by Gasteiger charge is -2.10. The van der Waals surface area contributed by atoms with Gasteiger partial charge < -0.3 is 15.6 Å². The average Bonchev–Trinajstić information content (AvgIpc) is 2.83. The zero-order valence-electron chi connectivity index (χ0n) is 12.1. The molecule has 0 aliphatic rings. The monoisotopic (exact) mass is 274 g/mol. The summed E-state index contributed by atoms with van der Waals surface area (Å²) in [5.74, 6) is 0.908. The van der Waals surface area contributed by atoms with E-state index in [1.165, 1.54) is 0 Å². The average molecular weight is 274 g/mol. The van der Waals surface area contributed by atoms with Crippen LogP contribution in [0.1, 0.15) is 26.1 Å². The van der Waals surface area contributed by atoms with Crippen LogP contribution in [0.15, 0.2) is 24.3 Å². The van der Waals surface area contributed by atoms with Crippen molar-refractivity contribution < 1.29 is 4.79 Å². The Morgan fingerprint density at radius 1 is 1.40 bits per heavy atom. The van der Waals surface area contributed by atoms with Crippen molar-refractivity contribution in [3.05, 3.63) is 30.1 Å². The fourth-order valence-corrected chi connectivity index (χ4v) is 2.28. The van der Waals surface area contributed by atoms with Crippen LogP contribution in [0.2, 0.25) is 0 Å². The van der Waals surface area contributed by atoms with Crippen LogP contribution >= 0.6 is 0 Å². The second kappa shape index (κ2) is 6.52. The number of carbonyl (C=O) groups excluding carboxylic acids is 1. The number of nitrogens with one attached hydrogen (secondary N) is 1. The highest BCUT2D eigenvalue weighted by Gasteiger charge is 2.12. The van der Waals surface area contributed by atoms with Crippen molar-refractivity contribution in [2.24, 2.45) is 5.73 Å². The predicted octanol–water partition coefficient (Wildman–Crippen LogP) is 1.45. The summed E-state index contributed by atoms with van der Waals surface area (Å²) in [5, 5.41) is 2.86. The molecule has 108 valence electrons. The maximum absolute atomic E-state index is 11.6. The number of rotatable bonds is 6. The highest BCUT2D eigenvalue weighted by atomic mass is 16.2. The van der Waals surface area contributed by atoms with E-state index in [1.807, 2.05) is 25.1 Å². The third-order valence-electron chi connectivity index (χ3n) is 3.47. The van der Waals surface area contributed by atoms with E-state index >= 15 is 0 Å². The number of hydrogen-bond donors (Lipinski definition) is 2. The fourth-order valence-electron chi connectivity index (χ4n) is 2.28. The molecule has 1 heterocycles. The third-order valence-corrected chi connectivity index (χ3v) is 3.47. The molecule has 0 bridgehead atoms. The second-order valence-corrected chi connectivity index (χ2v) is 4.82. The Balaban J connectivity index is 2.05. The van der Waals surface area contributed by atoms with Crippen molar-refractivity contribution in [3.8, 4) is 0 Å². The Hall–Kier alpha value is -1.88. The van der Waals surface area contributed by atoms with Gasteiger partial charge in [-0.2, -0.15) is 0 Å². The minimum Gasteiger partial charge on any atom is -0.354 e. The van der Waals surface area contributed by atoms with Gasteiger partial charge in [-0.15, -0.1) is 0 Å². The second-order valence-electron chi connectivity index (χ2n) is 4.82. The Morgan fingerprint density at radius 2 is 2.15 bits per heavy atom. The predicted molar refractivity (Wildman–Crippen MR) is 80.4 cm³/mol. The number of hydrogen-bond acceptors (Lipinski definition) is 3. The first kappa shape index (κ1) is 14.5. The molecule has 0 fully saturated rings. The first-order valence-corrected chi connectivity index (χ1v) is 7.14. The lowest BCUT2D eigenvalue weighted by atomic mass is 10.2. The number of carbonyl (C=O) groups is 1. The molecule has 2 aromatic rings. The van der Waals surface area contributed by atoms with Gasteiger partial charge in [-0.3, -0.25) is 4.79 Å². The molecule has 5 nitrogen and oxygen atoms in total. The smallest absolute Gasteiger partial charge is 0.236 e. The van der Waals surface area contributed by atoms with E-state index in [4.69, 9.17) is 5.73 Å². The molecular formula is C15H22N4O. The van der Waals surface area contributed by atoms with Crippen LogP contribution in [0.3, 0.4) is 0 Å². The van der Waals surface area contributed by atoms with Crippen molar-refractivity contribution in [2.75, 3.05) is 6.54 Å². The van der Waals surface area contributed by atoms with Crippen LogP contribution in [0.25, 0.3) is 11.0 Å². The minimum absolute atomic E-state index is 0.0911. The summed E-state index contributed by atoms with van der Waals surface area (Å²) in [6.07, 6.45) is 1.37. The molecular weight excluding hydrogens is 252 g/mol. The first-order chi connectivity index (χ1) is 9.67. The molecule has 0 saturated heterocycles. The van der Waals surface area contributed by atoms with Crippen LogP contribution in [0, 0.1) is 0 Å². The molecule has 0 saturated carbocycles. The van der Waals surface area contributed by atoms with E-state index in [9.17, 15) is 4.79 Å². The molecule has 2 rings (SSSR count). The van der Waals surface area contributed by atoms with Gasteiger partial charge in [0.05, 0.1) is 17.1 Å². The van der Waals surface area contributed by atoms with Crippen LogP contribution < -0.4 is 11.1 Å². The van der Waals surface area contributed by atoms with Crippen molar-refractivity contribution in [1.29, 1.82) is 0 Å². The van der Waals surface area contributed by atoms with E-state index in [2.05, 4.69) is 27.9 Å². The van der Waals surface area contributed by atoms with Crippen molar-refractivity contribution in [2.45, 2.75) is 39.3 Å². The SMILES string of the molecule is CC[C@H](N)C(=O)NCCc1nc2ccccc2n1CC. The summed E-state index contributed by atoms with van der Waals surface area (Å²) >= 11 is 0. The van der Waals surface area contributed by atoms with Crippen LogP contribution in [0.5, 0.6) is 0 Å². The van der Waals surface area contributed by atoms with Crippen molar-refractivity contribution >= 4 is 16.9 Å². The van der Waals surface area contributed by atoms with E-state index < -0.39 is 6.04 Å². The number of fused-ring (bicyclic) bond motifs is 1. The number of amides is 1. The fraction of sp³-hybridized carbons (Fsp3) is 0.467. The molecule has 0 unspecified atom stereocenters. The van der Waals surface area contributed by atoms with E-state index in [0.717, 1.165) is 23.4 Å². The lowest BCUT2D eigenvalue weighted by Crippen LogP contribution is -2.40. The standard InChI is InChI=1S/C15H22N4O/c1-3-11(16)15(20)17-10-9-14-18-12-7-5-6-8-13(12)19(14)4-2/h5-8,11H,3-4,9-10,16H2,1-2H3,(H,17,20)/t11-/m0/s1. The van der Waals surface area contributed by atoms with Gasteiger partial charge >= 0.3 is 0 Å². The van der Waals surface area contributed by atoms with Gasteiger partial charge in [-0.25, -0.2) is 4.98 Å². The van der Waals surface area contributed by atoms with Gasteiger partial charge in [-0.1, -0.05) is 19.1 Å². The van der Waals surface area contributed by atoms with Gasteiger partial charge in [0.2, 0.25) is 5.91 Å². The van der Waals surface area contributed by atoms with Gasteiger partial charge in [0, 0.05) is 19.5 Å². The molecule has 1 atom stereocenters. The van der Waals surface area contributed by atoms with Crippen molar-refractivity contribution in [1.82, 2.24) is 14.9 Å². The normalized spacial score (nSPS) is 12.6. The summed E-state index contributed by atoms with van der Waals surface area (Å²) in [5.41, 5.74) is 7.82. The molecule has 0 spiro atoms. The molecule has 0 radical (unpaired) electrons. The van der Waals surface area contributed by atoms with Gasteiger partial charge in [0.1, 0.15) is 5.82 Å². The Labute approximate surface area is 119 Å². The molecule has 1 amide bonds. The molecule has 0 aliphatic carbocycles. The van der Waals surface area contributed by atoms with Gasteiger partial charge in [0.25, 0.3) is 0 Å².